The molecule has 0 fully saturated rings. The van der Waals surface area contributed by atoms with Gasteiger partial charge in [-0.25, -0.2) is 19.5 Å². The lowest BCUT2D eigenvalue weighted by atomic mass is 10.0. The molecule has 7 heteroatoms. The van der Waals surface area contributed by atoms with Crippen molar-refractivity contribution in [1.82, 2.24) is 28.5 Å². The third kappa shape index (κ3) is 4.41. The maximum absolute atomic E-state index is 14.2. The molecule has 0 bridgehead atoms. The van der Waals surface area contributed by atoms with Crippen LogP contribution in [0, 0.1) is 0 Å². The van der Waals surface area contributed by atoms with Gasteiger partial charge in [0, 0.05) is 21.7 Å². The summed E-state index contributed by atoms with van der Waals surface area (Å²) in [5.41, 5.74) is 10.2. The van der Waals surface area contributed by atoms with E-state index in [4.69, 9.17) is 15.0 Å². The summed E-state index contributed by atoms with van der Waals surface area (Å²) in [7, 11) is 0. The summed E-state index contributed by atoms with van der Waals surface area (Å²) < 4.78 is 5.98. The summed E-state index contributed by atoms with van der Waals surface area (Å²) in [4.78, 5) is 29.5. The highest BCUT2D eigenvalue weighted by Gasteiger charge is 2.20. The average molecular weight is 681 g/mol. The van der Waals surface area contributed by atoms with Gasteiger partial charge in [0.05, 0.1) is 49.9 Å². The van der Waals surface area contributed by atoms with Gasteiger partial charge in [0.25, 0.3) is 5.56 Å². The molecule has 53 heavy (non-hydrogen) atoms. The Balaban J connectivity index is 1.14. The molecule has 11 rings (SSSR count). The first kappa shape index (κ1) is 29.4. The van der Waals surface area contributed by atoms with Crippen LogP contribution in [-0.2, 0) is 0 Å². The van der Waals surface area contributed by atoms with Crippen LogP contribution in [0.5, 0.6) is 0 Å². The molecule has 0 saturated carbocycles. The van der Waals surface area contributed by atoms with E-state index in [9.17, 15) is 4.79 Å². The van der Waals surface area contributed by atoms with Crippen LogP contribution in [0.1, 0.15) is 0 Å². The Hall–Kier alpha value is -7.38. The fourth-order valence-electron chi connectivity index (χ4n) is 7.85. The van der Waals surface area contributed by atoms with E-state index in [1.807, 2.05) is 97.1 Å². The number of para-hydroxylation sites is 5. The minimum Gasteiger partial charge on any atom is -0.278 e. The fraction of sp³-hybridized carbons (Fsp3) is 0. The first-order valence-electron chi connectivity index (χ1n) is 17.6. The van der Waals surface area contributed by atoms with Crippen LogP contribution in [0.4, 0.5) is 0 Å². The van der Waals surface area contributed by atoms with Crippen molar-refractivity contribution in [2.45, 2.75) is 0 Å². The summed E-state index contributed by atoms with van der Waals surface area (Å²) in [6, 6.07) is 57.3. The maximum Gasteiger partial charge on any atom is 0.267 e. The van der Waals surface area contributed by atoms with Gasteiger partial charge in [-0.1, -0.05) is 109 Å². The van der Waals surface area contributed by atoms with E-state index in [0.29, 0.717) is 17.1 Å². The second kappa shape index (κ2) is 11.3. The molecule has 4 heterocycles. The lowest BCUT2D eigenvalue weighted by Gasteiger charge is -2.13. The number of nitrogens with zero attached hydrogens (tertiary/aromatic N) is 6. The molecule has 0 radical (unpaired) electrons. The Morgan fingerprint density at radius 2 is 1.04 bits per heavy atom. The van der Waals surface area contributed by atoms with E-state index in [2.05, 4.69) is 81.8 Å². The highest BCUT2D eigenvalue weighted by atomic mass is 16.1. The zero-order valence-electron chi connectivity index (χ0n) is 28.3. The first-order valence-corrected chi connectivity index (χ1v) is 17.6. The molecule has 0 N–H and O–H groups in total. The number of imidazole rings is 1. The summed E-state index contributed by atoms with van der Waals surface area (Å²) in [6.07, 6.45) is 0. The summed E-state index contributed by atoms with van der Waals surface area (Å²) in [5.74, 6) is 1.20. The monoisotopic (exact) mass is 680 g/mol. The van der Waals surface area contributed by atoms with Crippen LogP contribution in [-0.4, -0.2) is 28.5 Å². The molecule has 0 saturated heterocycles. The van der Waals surface area contributed by atoms with Gasteiger partial charge in [-0.2, -0.15) is 0 Å². The van der Waals surface area contributed by atoms with Crippen LogP contribution >= 0.6 is 0 Å². The molecule has 11 aromatic rings. The minimum absolute atomic E-state index is 0.107. The predicted molar refractivity (Wildman–Crippen MR) is 214 cm³/mol. The predicted octanol–water partition coefficient (Wildman–Crippen LogP) is 10.2. The van der Waals surface area contributed by atoms with Crippen molar-refractivity contribution >= 4 is 60.4 Å². The molecule has 0 aliphatic rings. The van der Waals surface area contributed by atoms with E-state index in [0.717, 1.165) is 77.3 Å². The van der Waals surface area contributed by atoms with Gasteiger partial charge in [0.1, 0.15) is 0 Å². The van der Waals surface area contributed by atoms with Crippen molar-refractivity contribution in [1.29, 1.82) is 0 Å². The molecular formula is C46H28N6O. The van der Waals surface area contributed by atoms with Crippen LogP contribution in [0.3, 0.4) is 0 Å². The van der Waals surface area contributed by atoms with E-state index in [1.165, 1.54) is 0 Å². The van der Waals surface area contributed by atoms with Gasteiger partial charge in [-0.3, -0.25) is 13.8 Å². The molecule has 0 spiro atoms. The van der Waals surface area contributed by atoms with Gasteiger partial charge < -0.3 is 0 Å². The maximum atomic E-state index is 14.2. The van der Waals surface area contributed by atoms with Gasteiger partial charge in [0.15, 0.2) is 0 Å². The van der Waals surface area contributed by atoms with Crippen molar-refractivity contribution in [3.63, 3.8) is 0 Å². The topological polar surface area (TPSA) is 70.0 Å². The molecular weight excluding hydrogens is 653 g/mol. The number of fused-ring (bicyclic) bond motifs is 9. The summed E-state index contributed by atoms with van der Waals surface area (Å²) in [6.45, 7) is 0. The van der Waals surface area contributed by atoms with Gasteiger partial charge in [-0.15, -0.1) is 0 Å². The number of rotatable bonds is 4. The van der Waals surface area contributed by atoms with Gasteiger partial charge in [0.2, 0.25) is 11.7 Å². The summed E-state index contributed by atoms with van der Waals surface area (Å²) in [5, 5.41) is 3.83. The smallest absolute Gasteiger partial charge is 0.267 e. The minimum atomic E-state index is -0.107. The van der Waals surface area contributed by atoms with Crippen LogP contribution in [0.15, 0.2) is 175 Å². The van der Waals surface area contributed by atoms with E-state index >= 15 is 0 Å². The average Bonchev–Trinajstić information content (AvgIpc) is 3.77. The second-order valence-electron chi connectivity index (χ2n) is 13.3. The molecule has 7 aromatic carbocycles. The Morgan fingerprint density at radius 1 is 0.396 bits per heavy atom. The standard InChI is InChI=1S/C46H28N6O/c53-44-35-25-23-31(28-42(35)52-41-22-12-10-20-38(41)48-46(52)50(44)32-15-5-2-6-16-32)30-24-26-40-36(27-30)33-17-8-11-21-39(33)51(40)45-47-37-19-9-7-18-34(37)43(49-45)29-13-3-1-4-14-29/h1-28H. The molecule has 0 aliphatic heterocycles. The summed E-state index contributed by atoms with van der Waals surface area (Å²) >= 11 is 0. The Morgan fingerprint density at radius 3 is 1.87 bits per heavy atom. The second-order valence-corrected chi connectivity index (χ2v) is 13.3. The van der Waals surface area contributed by atoms with E-state index in [1.54, 1.807) is 4.57 Å². The highest BCUT2D eigenvalue weighted by Crippen LogP contribution is 2.36. The van der Waals surface area contributed by atoms with Crippen LogP contribution in [0.25, 0.3) is 94.4 Å². The molecule has 248 valence electrons. The number of hydrogen-bond acceptors (Lipinski definition) is 4. The first-order chi connectivity index (χ1) is 26.2. The van der Waals surface area contributed by atoms with Crippen molar-refractivity contribution in [3.05, 3.63) is 180 Å². The molecule has 7 nitrogen and oxygen atoms in total. The van der Waals surface area contributed by atoms with E-state index < -0.39 is 0 Å². The van der Waals surface area contributed by atoms with Crippen molar-refractivity contribution in [2.24, 2.45) is 0 Å². The zero-order chi connectivity index (χ0) is 35.0. The Bertz CT molecular complexity index is 3310. The highest BCUT2D eigenvalue weighted by molar-refractivity contribution is 6.10. The SMILES string of the molecule is O=c1c2ccc(-c3ccc4c(c3)c3ccccc3n4-c3nc(-c4ccccc4)c4ccccc4n3)cc2n2c3ccccc3nc2n1-c1ccccc1. The van der Waals surface area contributed by atoms with E-state index in [-0.39, 0.29) is 5.56 Å². The third-order valence-electron chi connectivity index (χ3n) is 10.3. The Labute approximate surface area is 302 Å². The largest absolute Gasteiger partial charge is 0.278 e. The number of aromatic nitrogens is 6. The van der Waals surface area contributed by atoms with Gasteiger partial charge >= 0.3 is 0 Å². The fourth-order valence-corrected chi connectivity index (χ4v) is 7.85. The lowest BCUT2D eigenvalue weighted by molar-refractivity contribution is 0.983. The zero-order valence-corrected chi connectivity index (χ0v) is 28.3. The molecule has 0 aliphatic carbocycles. The third-order valence-corrected chi connectivity index (χ3v) is 10.3. The van der Waals surface area contributed by atoms with Crippen LogP contribution < -0.4 is 5.56 Å². The number of hydrogen-bond donors (Lipinski definition) is 0. The molecule has 4 aromatic heterocycles. The lowest BCUT2D eigenvalue weighted by Crippen LogP contribution is -2.21. The normalized spacial score (nSPS) is 11.8. The molecule has 0 unspecified atom stereocenters. The van der Waals surface area contributed by atoms with Gasteiger partial charge in [-0.05, 0) is 71.8 Å². The Kier molecular flexibility index (Phi) is 6.27. The quantitative estimate of drug-likeness (QED) is 0.186. The number of benzene rings is 7. The van der Waals surface area contributed by atoms with Crippen LogP contribution in [0.2, 0.25) is 0 Å². The molecule has 0 atom stereocenters. The van der Waals surface area contributed by atoms with Crippen molar-refractivity contribution < 1.29 is 0 Å². The van der Waals surface area contributed by atoms with Crippen molar-refractivity contribution in [3.8, 4) is 34.0 Å². The molecule has 0 amide bonds. The van der Waals surface area contributed by atoms with Crippen molar-refractivity contribution in [2.75, 3.05) is 0 Å².